The molecular weight excluding hydrogens is 359 g/mol. The zero-order chi connectivity index (χ0) is 19.5. The molecule has 1 amide bonds. The van der Waals surface area contributed by atoms with Gasteiger partial charge in [0.1, 0.15) is 5.82 Å². The molecule has 4 rings (SSSR count). The zero-order valence-electron chi connectivity index (χ0n) is 15.8. The highest BCUT2D eigenvalue weighted by molar-refractivity contribution is 5.94. The Labute approximate surface area is 164 Å². The normalized spacial score (nSPS) is 21.0. The number of benzene rings is 1. The van der Waals surface area contributed by atoms with Gasteiger partial charge < -0.3 is 15.0 Å². The van der Waals surface area contributed by atoms with E-state index in [2.05, 4.69) is 9.80 Å². The Morgan fingerprint density at radius 2 is 1.68 bits per heavy atom. The number of anilines is 1. The molecule has 6 nitrogen and oxygen atoms in total. The molecule has 0 unspecified atom stereocenters. The van der Waals surface area contributed by atoms with Crippen LogP contribution in [0.1, 0.15) is 23.2 Å². The minimum absolute atomic E-state index is 0.00440. The largest absolute Gasteiger partial charge is 0.619 e. The van der Waals surface area contributed by atoms with E-state index in [-0.39, 0.29) is 11.7 Å². The third-order valence-electron chi connectivity index (χ3n) is 5.76. The highest BCUT2D eigenvalue weighted by atomic mass is 19.1. The van der Waals surface area contributed by atoms with Crippen molar-refractivity contribution in [1.82, 2.24) is 9.80 Å². The third-order valence-corrected chi connectivity index (χ3v) is 5.76. The lowest BCUT2D eigenvalue weighted by Gasteiger charge is -2.44. The SMILES string of the molecule is O=C(c1cc[n+]([O-])cc1)N1CCC[C@H](N2CCN(c3ccc(F)cc3)CC2)C1. The van der Waals surface area contributed by atoms with Gasteiger partial charge in [-0.3, -0.25) is 9.69 Å². The van der Waals surface area contributed by atoms with Crippen molar-refractivity contribution < 1.29 is 13.9 Å². The van der Waals surface area contributed by atoms with Crippen molar-refractivity contribution in [3.05, 3.63) is 65.4 Å². The third kappa shape index (κ3) is 4.09. The Balaban J connectivity index is 1.34. The Morgan fingerprint density at radius 3 is 2.36 bits per heavy atom. The predicted molar refractivity (Wildman–Crippen MR) is 105 cm³/mol. The fourth-order valence-corrected chi connectivity index (χ4v) is 4.17. The zero-order valence-corrected chi connectivity index (χ0v) is 15.8. The van der Waals surface area contributed by atoms with E-state index in [1.165, 1.54) is 24.5 Å². The van der Waals surface area contributed by atoms with Crippen LogP contribution in [0.15, 0.2) is 48.8 Å². The van der Waals surface area contributed by atoms with Crippen LogP contribution in [-0.2, 0) is 0 Å². The molecule has 2 fully saturated rings. The van der Waals surface area contributed by atoms with Gasteiger partial charge in [0.05, 0.1) is 5.56 Å². The molecule has 0 aliphatic carbocycles. The lowest BCUT2D eigenvalue weighted by molar-refractivity contribution is -0.605. The fraction of sp³-hybridized carbons (Fsp3) is 0.429. The summed E-state index contributed by atoms with van der Waals surface area (Å²) < 4.78 is 13.8. The van der Waals surface area contributed by atoms with Crippen LogP contribution in [-0.4, -0.2) is 61.0 Å². The molecule has 0 saturated carbocycles. The highest BCUT2D eigenvalue weighted by Crippen LogP contribution is 2.22. The van der Waals surface area contributed by atoms with Crippen molar-refractivity contribution in [1.29, 1.82) is 0 Å². The van der Waals surface area contributed by atoms with Gasteiger partial charge in [0, 0.05) is 63.1 Å². The molecule has 7 heteroatoms. The second-order valence-electron chi connectivity index (χ2n) is 7.49. The van der Waals surface area contributed by atoms with Gasteiger partial charge in [-0.05, 0) is 37.1 Å². The Bertz CT molecular complexity index is 804. The Kier molecular flexibility index (Phi) is 5.43. The van der Waals surface area contributed by atoms with Gasteiger partial charge in [-0.2, -0.15) is 4.73 Å². The number of hydrogen-bond donors (Lipinski definition) is 0. The molecule has 2 saturated heterocycles. The monoisotopic (exact) mass is 384 g/mol. The highest BCUT2D eigenvalue weighted by Gasteiger charge is 2.30. The quantitative estimate of drug-likeness (QED) is 0.599. The number of piperidine rings is 1. The van der Waals surface area contributed by atoms with E-state index in [0.717, 1.165) is 57.8 Å². The van der Waals surface area contributed by atoms with E-state index in [4.69, 9.17) is 0 Å². The summed E-state index contributed by atoms with van der Waals surface area (Å²) in [4.78, 5) is 19.4. The number of piperazine rings is 1. The average Bonchev–Trinajstić information content (AvgIpc) is 2.75. The Morgan fingerprint density at radius 1 is 1.00 bits per heavy atom. The van der Waals surface area contributed by atoms with Crippen molar-refractivity contribution in [2.75, 3.05) is 44.2 Å². The standard InChI is InChI=1S/C21H25FN4O2/c22-18-3-5-19(6-4-18)23-12-14-24(15-13-23)20-2-1-9-25(16-20)21(27)17-7-10-26(28)11-8-17/h3-8,10-11,20H,1-2,9,12-16H2/t20-/m0/s1. The Hall–Kier alpha value is -2.67. The van der Waals surface area contributed by atoms with Crippen molar-refractivity contribution in [2.24, 2.45) is 0 Å². The van der Waals surface area contributed by atoms with E-state index in [0.29, 0.717) is 16.3 Å². The molecule has 0 spiro atoms. The molecule has 1 aromatic carbocycles. The smallest absolute Gasteiger partial charge is 0.254 e. The number of amides is 1. The van der Waals surface area contributed by atoms with E-state index in [1.807, 2.05) is 17.0 Å². The maximum atomic E-state index is 13.1. The number of halogens is 1. The second-order valence-corrected chi connectivity index (χ2v) is 7.49. The summed E-state index contributed by atoms with van der Waals surface area (Å²) in [5, 5.41) is 11.2. The van der Waals surface area contributed by atoms with E-state index in [1.54, 1.807) is 12.1 Å². The van der Waals surface area contributed by atoms with Crippen LogP contribution in [0.25, 0.3) is 0 Å². The molecule has 148 valence electrons. The maximum Gasteiger partial charge on any atom is 0.254 e. The van der Waals surface area contributed by atoms with E-state index < -0.39 is 0 Å². The van der Waals surface area contributed by atoms with Crippen LogP contribution in [0.3, 0.4) is 0 Å². The first-order valence-corrected chi connectivity index (χ1v) is 9.83. The molecule has 28 heavy (non-hydrogen) atoms. The summed E-state index contributed by atoms with van der Waals surface area (Å²) in [6.45, 7) is 5.16. The summed E-state index contributed by atoms with van der Waals surface area (Å²) >= 11 is 0. The van der Waals surface area contributed by atoms with Gasteiger partial charge in [0.2, 0.25) is 0 Å². The molecule has 0 bridgehead atoms. The average molecular weight is 384 g/mol. The predicted octanol–water partition coefficient (Wildman–Crippen LogP) is 1.89. The van der Waals surface area contributed by atoms with Gasteiger partial charge in [0.15, 0.2) is 12.4 Å². The number of carbonyl (C=O) groups is 1. The van der Waals surface area contributed by atoms with Crippen LogP contribution < -0.4 is 9.63 Å². The first-order chi connectivity index (χ1) is 13.6. The second kappa shape index (κ2) is 8.14. The van der Waals surface area contributed by atoms with Gasteiger partial charge in [-0.1, -0.05) is 0 Å². The van der Waals surface area contributed by atoms with Crippen LogP contribution in [0.4, 0.5) is 10.1 Å². The molecule has 0 N–H and O–H groups in total. The van der Waals surface area contributed by atoms with E-state index in [9.17, 15) is 14.4 Å². The van der Waals surface area contributed by atoms with Crippen molar-refractivity contribution in [3.63, 3.8) is 0 Å². The van der Waals surface area contributed by atoms with Gasteiger partial charge >= 0.3 is 0 Å². The summed E-state index contributed by atoms with van der Waals surface area (Å²) in [5.41, 5.74) is 1.62. The number of rotatable bonds is 3. The molecule has 2 aliphatic rings. The lowest BCUT2D eigenvalue weighted by Crippen LogP contribution is -2.55. The topological polar surface area (TPSA) is 53.7 Å². The molecule has 1 atom stereocenters. The van der Waals surface area contributed by atoms with Crippen LogP contribution >= 0.6 is 0 Å². The molecule has 0 radical (unpaired) electrons. The summed E-state index contributed by atoms with van der Waals surface area (Å²) in [6.07, 6.45) is 4.81. The van der Waals surface area contributed by atoms with Gasteiger partial charge in [-0.15, -0.1) is 0 Å². The van der Waals surface area contributed by atoms with Gasteiger partial charge in [-0.25, -0.2) is 4.39 Å². The number of nitrogens with zero attached hydrogens (tertiary/aromatic N) is 4. The number of aromatic nitrogens is 1. The minimum atomic E-state index is -0.210. The molecule has 1 aromatic heterocycles. The van der Waals surface area contributed by atoms with Crippen molar-refractivity contribution >= 4 is 11.6 Å². The number of carbonyl (C=O) groups excluding carboxylic acids is 1. The van der Waals surface area contributed by atoms with Gasteiger partial charge in [0.25, 0.3) is 5.91 Å². The molecular formula is C21H25FN4O2. The van der Waals surface area contributed by atoms with E-state index >= 15 is 0 Å². The maximum absolute atomic E-state index is 13.1. The lowest BCUT2D eigenvalue weighted by atomic mass is 10.0. The summed E-state index contributed by atoms with van der Waals surface area (Å²) in [7, 11) is 0. The first kappa shape index (κ1) is 18.7. The number of hydrogen-bond acceptors (Lipinski definition) is 4. The minimum Gasteiger partial charge on any atom is -0.619 e. The molecule has 2 aliphatic heterocycles. The first-order valence-electron chi connectivity index (χ1n) is 9.83. The number of likely N-dealkylation sites (tertiary alicyclic amines) is 1. The van der Waals surface area contributed by atoms with Crippen LogP contribution in [0.5, 0.6) is 0 Å². The van der Waals surface area contributed by atoms with Crippen molar-refractivity contribution in [3.8, 4) is 0 Å². The summed E-state index contributed by atoms with van der Waals surface area (Å²) in [5.74, 6) is -0.215. The molecule has 3 heterocycles. The fourth-order valence-electron chi connectivity index (χ4n) is 4.17. The number of pyridine rings is 1. The van der Waals surface area contributed by atoms with Crippen LogP contribution in [0, 0.1) is 11.0 Å². The van der Waals surface area contributed by atoms with Crippen molar-refractivity contribution in [2.45, 2.75) is 18.9 Å². The summed E-state index contributed by atoms with van der Waals surface area (Å²) in [6, 6.07) is 10.2. The van der Waals surface area contributed by atoms with Crippen LogP contribution in [0.2, 0.25) is 0 Å². The molecule has 2 aromatic rings.